The van der Waals surface area contributed by atoms with Gasteiger partial charge in [0, 0.05) is 19.2 Å². The van der Waals surface area contributed by atoms with Crippen molar-refractivity contribution in [3.63, 3.8) is 0 Å². The van der Waals surface area contributed by atoms with E-state index < -0.39 is 0 Å². The standard InChI is InChI=1S/C15H30N2O/c1-2-16-14-6-8-15(9-7-14)18-13-5-12-17-10-3-4-11-17/h14-16H,2-13H2,1H3. The topological polar surface area (TPSA) is 24.5 Å². The third-order valence-electron chi connectivity index (χ3n) is 4.34. The molecule has 0 aromatic rings. The van der Waals surface area contributed by atoms with Crippen LogP contribution in [0.5, 0.6) is 0 Å². The molecule has 0 unspecified atom stereocenters. The molecule has 1 heterocycles. The average molecular weight is 254 g/mol. The summed E-state index contributed by atoms with van der Waals surface area (Å²) in [6, 6.07) is 0.749. The van der Waals surface area contributed by atoms with Crippen molar-refractivity contribution in [2.45, 2.75) is 64.0 Å². The normalized spacial score (nSPS) is 29.8. The van der Waals surface area contributed by atoms with Crippen LogP contribution >= 0.6 is 0 Å². The van der Waals surface area contributed by atoms with E-state index in [0.717, 1.165) is 19.2 Å². The summed E-state index contributed by atoms with van der Waals surface area (Å²) in [4.78, 5) is 2.57. The van der Waals surface area contributed by atoms with Gasteiger partial charge in [-0.15, -0.1) is 0 Å². The van der Waals surface area contributed by atoms with Crippen molar-refractivity contribution in [2.75, 3.05) is 32.8 Å². The zero-order valence-electron chi connectivity index (χ0n) is 12.0. The summed E-state index contributed by atoms with van der Waals surface area (Å²) in [5, 5.41) is 3.55. The van der Waals surface area contributed by atoms with E-state index >= 15 is 0 Å². The molecule has 1 aliphatic heterocycles. The van der Waals surface area contributed by atoms with Gasteiger partial charge >= 0.3 is 0 Å². The number of nitrogens with zero attached hydrogens (tertiary/aromatic N) is 1. The van der Waals surface area contributed by atoms with Gasteiger partial charge in [0.1, 0.15) is 0 Å². The SMILES string of the molecule is CCNC1CCC(OCCCN2CCCC2)CC1. The Labute approximate surface area is 112 Å². The van der Waals surface area contributed by atoms with Crippen LogP contribution < -0.4 is 5.32 Å². The van der Waals surface area contributed by atoms with Crippen LogP contribution in [-0.2, 0) is 4.74 Å². The van der Waals surface area contributed by atoms with Gasteiger partial charge in [0.25, 0.3) is 0 Å². The Morgan fingerprint density at radius 1 is 1.11 bits per heavy atom. The number of hydrogen-bond acceptors (Lipinski definition) is 3. The summed E-state index contributed by atoms with van der Waals surface area (Å²) in [5.74, 6) is 0. The Balaban J connectivity index is 1.47. The molecule has 2 rings (SSSR count). The molecule has 0 atom stereocenters. The van der Waals surface area contributed by atoms with Gasteiger partial charge in [-0.2, -0.15) is 0 Å². The van der Waals surface area contributed by atoms with E-state index in [-0.39, 0.29) is 0 Å². The molecule has 1 saturated heterocycles. The highest BCUT2D eigenvalue weighted by molar-refractivity contribution is 4.77. The second-order valence-corrected chi connectivity index (χ2v) is 5.80. The lowest BCUT2D eigenvalue weighted by Gasteiger charge is -2.29. The first-order valence-corrected chi connectivity index (χ1v) is 7.96. The highest BCUT2D eigenvalue weighted by atomic mass is 16.5. The predicted octanol–water partition coefficient (Wildman–Crippen LogP) is 2.41. The Morgan fingerprint density at radius 2 is 1.83 bits per heavy atom. The minimum atomic E-state index is 0.540. The molecular formula is C15H30N2O. The first-order valence-electron chi connectivity index (χ1n) is 7.96. The number of nitrogens with one attached hydrogen (secondary N) is 1. The summed E-state index contributed by atoms with van der Waals surface area (Å²) in [5.41, 5.74) is 0. The molecule has 0 amide bonds. The maximum atomic E-state index is 6.01. The van der Waals surface area contributed by atoms with Crippen molar-refractivity contribution >= 4 is 0 Å². The number of ether oxygens (including phenoxy) is 1. The van der Waals surface area contributed by atoms with Crippen LogP contribution in [0.4, 0.5) is 0 Å². The Kier molecular flexibility index (Phi) is 6.46. The summed E-state index contributed by atoms with van der Waals surface area (Å²) in [7, 11) is 0. The Bertz CT molecular complexity index is 209. The summed E-state index contributed by atoms with van der Waals surface area (Å²) < 4.78 is 6.01. The van der Waals surface area contributed by atoms with Crippen molar-refractivity contribution in [1.82, 2.24) is 10.2 Å². The van der Waals surface area contributed by atoms with Gasteiger partial charge in [-0.1, -0.05) is 6.92 Å². The van der Waals surface area contributed by atoms with E-state index in [2.05, 4.69) is 17.1 Å². The van der Waals surface area contributed by atoms with Crippen molar-refractivity contribution in [2.24, 2.45) is 0 Å². The predicted molar refractivity (Wildman–Crippen MR) is 76.0 cm³/mol. The van der Waals surface area contributed by atoms with Crippen LogP contribution in [-0.4, -0.2) is 49.8 Å². The average Bonchev–Trinajstić information content (AvgIpc) is 2.90. The van der Waals surface area contributed by atoms with Gasteiger partial charge in [-0.25, -0.2) is 0 Å². The minimum Gasteiger partial charge on any atom is -0.378 e. The van der Waals surface area contributed by atoms with Gasteiger partial charge in [0.15, 0.2) is 0 Å². The fourth-order valence-electron chi connectivity index (χ4n) is 3.27. The lowest BCUT2D eigenvalue weighted by Crippen LogP contribution is -2.35. The highest BCUT2D eigenvalue weighted by Crippen LogP contribution is 2.21. The smallest absolute Gasteiger partial charge is 0.0576 e. The molecule has 1 saturated carbocycles. The van der Waals surface area contributed by atoms with E-state index in [9.17, 15) is 0 Å². The third kappa shape index (κ3) is 4.87. The molecule has 0 aromatic heterocycles. The second-order valence-electron chi connectivity index (χ2n) is 5.80. The maximum absolute atomic E-state index is 6.01. The molecule has 3 heteroatoms. The van der Waals surface area contributed by atoms with Crippen LogP contribution in [0.15, 0.2) is 0 Å². The molecule has 3 nitrogen and oxygen atoms in total. The zero-order chi connectivity index (χ0) is 12.6. The molecule has 18 heavy (non-hydrogen) atoms. The van der Waals surface area contributed by atoms with Gasteiger partial charge < -0.3 is 15.0 Å². The molecule has 0 bridgehead atoms. The largest absolute Gasteiger partial charge is 0.378 e. The van der Waals surface area contributed by atoms with Crippen molar-refractivity contribution in [1.29, 1.82) is 0 Å². The molecule has 0 aromatic carbocycles. The molecule has 1 N–H and O–H groups in total. The molecule has 0 spiro atoms. The van der Waals surface area contributed by atoms with E-state index in [1.165, 1.54) is 64.6 Å². The lowest BCUT2D eigenvalue weighted by molar-refractivity contribution is 0.0187. The van der Waals surface area contributed by atoms with Gasteiger partial charge in [0.2, 0.25) is 0 Å². The Morgan fingerprint density at radius 3 is 2.50 bits per heavy atom. The van der Waals surface area contributed by atoms with E-state index in [1.807, 2.05) is 0 Å². The third-order valence-corrected chi connectivity index (χ3v) is 4.34. The number of likely N-dealkylation sites (tertiary alicyclic amines) is 1. The molecule has 2 fully saturated rings. The molecule has 106 valence electrons. The van der Waals surface area contributed by atoms with E-state index in [4.69, 9.17) is 4.74 Å². The fourth-order valence-corrected chi connectivity index (χ4v) is 3.27. The van der Waals surface area contributed by atoms with Crippen LogP contribution in [0, 0.1) is 0 Å². The summed E-state index contributed by atoms with van der Waals surface area (Å²) in [6.07, 6.45) is 9.65. The quantitative estimate of drug-likeness (QED) is 0.706. The summed E-state index contributed by atoms with van der Waals surface area (Å²) in [6.45, 7) is 8.13. The van der Waals surface area contributed by atoms with Crippen molar-refractivity contribution in [3.05, 3.63) is 0 Å². The molecular weight excluding hydrogens is 224 g/mol. The van der Waals surface area contributed by atoms with E-state index in [1.54, 1.807) is 0 Å². The van der Waals surface area contributed by atoms with Gasteiger partial charge in [-0.05, 0) is 64.6 Å². The van der Waals surface area contributed by atoms with Gasteiger partial charge in [-0.3, -0.25) is 0 Å². The number of rotatable bonds is 7. The van der Waals surface area contributed by atoms with Crippen molar-refractivity contribution < 1.29 is 4.74 Å². The van der Waals surface area contributed by atoms with Crippen LogP contribution in [0.3, 0.4) is 0 Å². The number of hydrogen-bond donors (Lipinski definition) is 1. The maximum Gasteiger partial charge on any atom is 0.0576 e. The highest BCUT2D eigenvalue weighted by Gasteiger charge is 2.20. The summed E-state index contributed by atoms with van der Waals surface area (Å²) >= 11 is 0. The first kappa shape index (κ1) is 14.3. The van der Waals surface area contributed by atoms with Crippen molar-refractivity contribution in [3.8, 4) is 0 Å². The zero-order valence-corrected chi connectivity index (χ0v) is 12.0. The lowest BCUT2D eigenvalue weighted by atomic mass is 9.93. The molecule has 1 aliphatic carbocycles. The van der Waals surface area contributed by atoms with Crippen LogP contribution in [0.25, 0.3) is 0 Å². The van der Waals surface area contributed by atoms with Crippen LogP contribution in [0.1, 0.15) is 51.9 Å². The molecule has 2 aliphatic rings. The Hall–Kier alpha value is -0.120. The van der Waals surface area contributed by atoms with Crippen LogP contribution in [0.2, 0.25) is 0 Å². The molecule has 0 radical (unpaired) electrons. The van der Waals surface area contributed by atoms with Gasteiger partial charge in [0.05, 0.1) is 6.10 Å². The first-order chi connectivity index (χ1) is 8.88. The second kappa shape index (κ2) is 8.13. The van der Waals surface area contributed by atoms with E-state index in [0.29, 0.717) is 6.10 Å². The fraction of sp³-hybridized carbons (Fsp3) is 1.00. The monoisotopic (exact) mass is 254 g/mol. The minimum absolute atomic E-state index is 0.540.